The highest BCUT2D eigenvalue weighted by Crippen LogP contribution is 2.34. The summed E-state index contributed by atoms with van der Waals surface area (Å²) < 4.78 is 16.2. The summed E-state index contributed by atoms with van der Waals surface area (Å²) in [6.07, 6.45) is 0.323. The van der Waals surface area contributed by atoms with Gasteiger partial charge >= 0.3 is 0 Å². The second kappa shape index (κ2) is 5.87. The molecule has 4 nitrogen and oxygen atoms in total. The minimum absolute atomic E-state index is 0.0162. The van der Waals surface area contributed by atoms with Gasteiger partial charge in [-0.15, -0.1) is 0 Å². The number of ketones is 1. The lowest BCUT2D eigenvalue weighted by Crippen LogP contribution is -2.18. The predicted molar refractivity (Wildman–Crippen MR) is 78.5 cm³/mol. The first-order chi connectivity index (χ1) is 10.3. The molecule has 3 rings (SSSR count). The van der Waals surface area contributed by atoms with Gasteiger partial charge in [0.2, 0.25) is 0 Å². The zero-order chi connectivity index (χ0) is 14.7. The molecule has 1 aliphatic heterocycles. The van der Waals surface area contributed by atoms with E-state index in [2.05, 4.69) is 0 Å². The first-order valence-electron chi connectivity index (χ1n) is 6.82. The maximum atomic E-state index is 12.5. The van der Waals surface area contributed by atoms with Crippen LogP contribution in [0.4, 0.5) is 0 Å². The fourth-order valence-electron chi connectivity index (χ4n) is 2.32. The Morgan fingerprint density at radius 3 is 2.62 bits per heavy atom. The van der Waals surface area contributed by atoms with Crippen LogP contribution in [0.3, 0.4) is 0 Å². The van der Waals surface area contributed by atoms with Crippen molar-refractivity contribution >= 4 is 5.78 Å². The van der Waals surface area contributed by atoms with E-state index >= 15 is 0 Å². The molecular formula is C17H16O4. The van der Waals surface area contributed by atoms with E-state index in [0.29, 0.717) is 36.7 Å². The molecule has 0 aromatic heterocycles. The number of hydrogen-bond acceptors (Lipinski definition) is 4. The third-order valence-corrected chi connectivity index (χ3v) is 3.39. The number of rotatable bonds is 4. The Bertz CT molecular complexity index is 646. The Morgan fingerprint density at radius 1 is 1.10 bits per heavy atom. The number of carbonyl (C=O) groups excluding carboxylic acids is 1. The Morgan fingerprint density at radius 2 is 1.86 bits per heavy atom. The zero-order valence-corrected chi connectivity index (χ0v) is 11.8. The van der Waals surface area contributed by atoms with Crippen LogP contribution in [0, 0.1) is 0 Å². The van der Waals surface area contributed by atoms with Crippen LogP contribution in [-0.2, 0) is 6.42 Å². The number of para-hydroxylation sites is 1. The van der Waals surface area contributed by atoms with E-state index in [1.165, 1.54) is 0 Å². The van der Waals surface area contributed by atoms with Crippen LogP contribution in [0.15, 0.2) is 42.5 Å². The first-order valence-corrected chi connectivity index (χ1v) is 6.82. The van der Waals surface area contributed by atoms with Crippen molar-refractivity contribution in [1.82, 2.24) is 0 Å². The van der Waals surface area contributed by atoms with Gasteiger partial charge in [-0.05, 0) is 29.8 Å². The molecule has 0 saturated carbocycles. The summed E-state index contributed by atoms with van der Waals surface area (Å²) >= 11 is 0. The van der Waals surface area contributed by atoms with Crippen molar-refractivity contribution in [2.75, 3.05) is 20.3 Å². The largest absolute Gasteiger partial charge is 0.497 e. The lowest BCUT2D eigenvalue weighted by molar-refractivity contribution is 0.0981. The van der Waals surface area contributed by atoms with E-state index in [9.17, 15) is 4.79 Å². The SMILES string of the molecule is COc1ccc(CC(=O)c2cccc3c2OCCO3)cc1. The molecule has 0 spiro atoms. The highest BCUT2D eigenvalue weighted by Gasteiger charge is 2.20. The van der Waals surface area contributed by atoms with Gasteiger partial charge in [-0.1, -0.05) is 18.2 Å². The molecule has 21 heavy (non-hydrogen) atoms. The van der Waals surface area contributed by atoms with Crippen LogP contribution in [0.1, 0.15) is 15.9 Å². The van der Waals surface area contributed by atoms with Crippen LogP contribution < -0.4 is 14.2 Å². The van der Waals surface area contributed by atoms with Gasteiger partial charge in [-0.3, -0.25) is 4.79 Å². The molecule has 0 radical (unpaired) electrons. The lowest BCUT2D eigenvalue weighted by Gasteiger charge is -2.20. The van der Waals surface area contributed by atoms with Crippen LogP contribution >= 0.6 is 0 Å². The molecule has 0 bridgehead atoms. The Hall–Kier alpha value is -2.49. The summed E-state index contributed by atoms with van der Waals surface area (Å²) in [4.78, 5) is 12.5. The average Bonchev–Trinajstić information content (AvgIpc) is 2.55. The maximum absolute atomic E-state index is 12.5. The topological polar surface area (TPSA) is 44.8 Å². The fraction of sp³-hybridized carbons (Fsp3) is 0.235. The van der Waals surface area contributed by atoms with Crippen LogP contribution in [0.25, 0.3) is 0 Å². The van der Waals surface area contributed by atoms with Gasteiger partial charge in [-0.25, -0.2) is 0 Å². The van der Waals surface area contributed by atoms with Crippen molar-refractivity contribution in [2.45, 2.75) is 6.42 Å². The van der Waals surface area contributed by atoms with Crippen molar-refractivity contribution in [2.24, 2.45) is 0 Å². The van der Waals surface area contributed by atoms with Gasteiger partial charge in [-0.2, -0.15) is 0 Å². The fourth-order valence-corrected chi connectivity index (χ4v) is 2.32. The molecular weight excluding hydrogens is 268 g/mol. The molecule has 4 heteroatoms. The molecule has 0 fully saturated rings. The lowest BCUT2D eigenvalue weighted by atomic mass is 10.0. The van der Waals surface area contributed by atoms with Crippen LogP contribution in [0.5, 0.6) is 17.2 Å². The number of hydrogen-bond donors (Lipinski definition) is 0. The van der Waals surface area contributed by atoms with Crippen molar-refractivity contribution in [3.05, 3.63) is 53.6 Å². The molecule has 0 N–H and O–H groups in total. The van der Waals surface area contributed by atoms with Gasteiger partial charge < -0.3 is 14.2 Å². The summed E-state index contributed by atoms with van der Waals surface area (Å²) in [6.45, 7) is 0.989. The molecule has 108 valence electrons. The van der Waals surface area contributed by atoms with E-state index in [0.717, 1.165) is 11.3 Å². The second-order valence-electron chi connectivity index (χ2n) is 4.78. The van der Waals surface area contributed by atoms with E-state index in [1.807, 2.05) is 36.4 Å². The minimum Gasteiger partial charge on any atom is -0.497 e. The minimum atomic E-state index is 0.0162. The van der Waals surface area contributed by atoms with E-state index < -0.39 is 0 Å². The molecule has 0 aliphatic carbocycles. The van der Waals surface area contributed by atoms with E-state index in [4.69, 9.17) is 14.2 Å². The maximum Gasteiger partial charge on any atom is 0.172 e. The summed E-state index contributed by atoms with van der Waals surface area (Å²) in [6, 6.07) is 12.9. The highest BCUT2D eigenvalue weighted by atomic mass is 16.6. The number of benzene rings is 2. The number of Topliss-reactive ketones (excluding diaryl/α,β-unsaturated/α-hetero) is 1. The summed E-state index contributed by atoms with van der Waals surface area (Å²) in [5, 5.41) is 0. The number of ether oxygens (including phenoxy) is 3. The van der Waals surface area contributed by atoms with Crippen LogP contribution in [0.2, 0.25) is 0 Å². The van der Waals surface area contributed by atoms with Crippen molar-refractivity contribution < 1.29 is 19.0 Å². The quantitative estimate of drug-likeness (QED) is 0.810. The Kier molecular flexibility index (Phi) is 3.77. The summed E-state index contributed by atoms with van der Waals surface area (Å²) in [5.41, 5.74) is 1.51. The number of fused-ring (bicyclic) bond motifs is 1. The normalized spacial score (nSPS) is 12.8. The average molecular weight is 284 g/mol. The van der Waals surface area contributed by atoms with Crippen molar-refractivity contribution in [3.63, 3.8) is 0 Å². The Balaban J connectivity index is 1.82. The zero-order valence-electron chi connectivity index (χ0n) is 11.8. The molecule has 0 saturated heterocycles. The molecule has 0 amide bonds. The standard InChI is InChI=1S/C17H16O4/c1-19-13-7-5-12(6-8-13)11-15(18)14-3-2-4-16-17(14)21-10-9-20-16/h2-8H,9-11H2,1H3. The second-order valence-corrected chi connectivity index (χ2v) is 4.78. The molecule has 1 aliphatic rings. The first kappa shape index (κ1) is 13.5. The summed E-state index contributed by atoms with van der Waals surface area (Å²) in [5.74, 6) is 1.99. The van der Waals surface area contributed by atoms with Gasteiger partial charge in [0.15, 0.2) is 17.3 Å². The summed E-state index contributed by atoms with van der Waals surface area (Å²) in [7, 11) is 1.62. The Labute approximate surface area is 123 Å². The van der Waals surface area contributed by atoms with Gasteiger partial charge in [0.1, 0.15) is 19.0 Å². The molecule has 0 atom stereocenters. The van der Waals surface area contributed by atoms with Gasteiger partial charge in [0.05, 0.1) is 12.7 Å². The number of methoxy groups -OCH3 is 1. The van der Waals surface area contributed by atoms with E-state index in [-0.39, 0.29) is 5.78 Å². The highest BCUT2D eigenvalue weighted by molar-refractivity contribution is 6.00. The van der Waals surface area contributed by atoms with E-state index in [1.54, 1.807) is 13.2 Å². The van der Waals surface area contributed by atoms with Crippen LogP contribution in [-0.4, -0.2) is 26.1 Å². The predicted octanol–water partition coefficient (Wildman–Crippen LogP) is 2.89. The van der Waals surface area contributed by atoms with Crippen molar-refractivity contribution in [3.8, 4) is 17.2 Å². The molecule has 2 aromatic carbocycles. The number of carbonyl (C=O) groups is 1. The third-order valence-electron chi connectivity index (χ3n) is 3.39. The third kappa shape index (κ3) is 2.84. The van der Waals surface area contributed by atoms with Gasteiger partial charge in [0.25, 0.3) is 0 Å². The molecule has 1 heterocycles. The smallest absolute Gasteiger partial charge is 0.172 e. The monoisotopic (exact) mass is 284 g/mol. The molecule has 2 aromatic rings. The van der Waals surface area contributed by atoms with Crippen molar-refractivity contribution in [1.29, 1.82) is 0 Å². The molecule has 0 unspecified atom stereocenters. The van der Waals surface area contributed by atoms with Gasteiger partial charge in [0, 0.05) is 6.42 Å².